The number of hydrogen-bond donors (Lipinski definition) is 1. The van der Waals surface area contributed by atoms with Crippen LogP contribution in [0, 0.1) is 11.8 Å². The summed E-state index contributed by atoms with van der Waals surface area (Å²) in [4.78, 5) is 26.0. The second-order valence-corrected chi connectivity index (χ2v) is 6.09. The van der Waals surface area contributed by atoms with Crippen LogP contribution in [0.2, 0.25) is 0 Å². The Labute approximate surface area is 122 Å². The van der Waals surface area contributed by atoms with Gasteiger partial charge in [0, 0.05) is 12.6 Å². The van der Waals surface area contributed by atoms with Crippen molar-refractivity contribution in [2.24, 2.45) is 11.8 Å². The van der Waals surface area contributed by atoms with Crippen LogP contribution in [0.5, 0.6) is 0 Å². The molecule has 1 heterocycles. The molecule has 3 atom stereocenters. The average molecular weight is 284 g/mol. The molecule has 0 aliphatic carbocycles. The van der Waals surface area contributed by atoms with Crippen LogP contribution in [-0.4, -0.2) is 42.6 Å². The molecule has 116 valence electrons. The summed E-state index contributed by atoms with van der Waals surface area (Å²) in [6.07, 6.45) is 2.81. The van der Waals surface area contributed by atoms with Crippen LogP contribution in [-0.2, 0) is 9.53 Å². The van der Waals surface area contributed by atoms with E-state index in [2.05, 4.69) is 23.9 Å². The van der Waals surface area contributed by atoms with Gasteiger partial charge < -0.3 is 15.0 Å². The summed E-state index contributed by atoms with van der Waals surface area (Å²) in [5, 5.41) is 2.66. The third-order valence-electron chi connectivity index (χ3n) is 4.03. The predicted octanol–water partition coefficient (Wildman–Crippen LogP) is 2.40. The minimum Gasteiger partial charge on any atom is -0.453 e. The summed E-state index contributed by atoms with van der Waals surface area (Å²) in [5.41, 5.74) is 0. The molecule has 0 aromatic heterocycles. The van der Waals surface area contributed by atoms with Gasteiger partial charge in [-0.25, -0.2) is 4.79 Å². The Kier molecular flexibility index (Phi) is 6.30. The Morgan fingerprint density at radius 3 is 2.55 bits per heavy atom. The van der Waals surface area contributed by atoms with E-state index in [9.17, 15) is 9.59 Å². The van der Waals surface area contributed by atoms with Crippen molar-refractivity contribution in [3.63, 3.8) is 0 Å². The van der Waals surface area contributed by atoms with Gasteiger partial charge in [-0.05, 0) is 31.6 Å². The molecule has 1 rings (SSSR count). The van der Waals surface area contributed by atoms with Crippen LogP contribution >= 0.6 is 0 Å². The molecule has 1 N–H and O–H groups in total. The summed E-state index contributed by atoms with van der Waals surface area (Å²) < 4.78 is 4.61. The van der Waals surface area contributed by atoms with E-state index in [-0.39, 0.29) is 17.9 Å². The molecule has 20 heavy (non-hydrogen) atoms. The van der Waals surface area contributed by atoms with Crippen LogP contribution in [0.15, 0.2) is 0 Å². The summed E-state index contributed by atoms with van der Waals surface area (Å²) in [5.74, 6) is 0.639. The first-order valence-corrected chi connectivity index (χ1v) is 7.55. The van der Waals surface area contributed by atoms with E-state index in [1.807, 2.05) is 18.7 Å². The molecule has 1 unspecified atom stereocenters. The summed E-state index contributed by atoms with van der Waals surface area (Å²) >= 11 is 0. The molecular weight excluding hydrogens is 256 g/mol. The van der Waals surface area contributed by atoms with E-state index in [4.69, 9.17) is 0 Å². The number of carbonyl (C=O) groups excluding carboxylic acids is 2. The minimum absolute atomic E-state index is 0.0107. The van der Waals surface area contributed by atoms with Gasteiger partial charge in [0.2, 0.25) is 5.91 Å². The third kappa shape index (κ3) is 4.12. The quantitative estimate of drug-likeness (QED) is 0.843. The maximum atomic E-state index is 12.7. The van der Waals surface area contributed by atoms with Crippen LogP contribution < -0.4 is 5.32 Å². The van der Waals surface area contributed by atoms with Gasteiger partial charge in [-0.15, -0.1) is 0 Å². The summed E-state index contributed by atoms with van der Waals surface area (Å²) in [7, 11) is 1.31. The second-order valence-electron chi connectivity index (χ2n) is 6.09. The number of nitrogens with one attached hydrogen (secondary N) is 1. The Hall–Kier alpha value is -1.26. The van der Waals surface area contributed by atoms with Crippen molar-refractivity contribution in [2.45, 2.75) is 59.0 Å². The van der Waals surface area contributed by atoms with Gasteiger partial charge in [0.15, 0.2) is 0 Å². The summed E-state index contributed by atoms with van der Waals surface area (Å²) in [6, 6.07) is -0.259. The minimum atomic E-state index is -0.547. The first kappa shape index (κ1) is 16.8. The second kappa shape index (κ2) is 7.50. The van der Waals surface area contributed by atoms with Crippen molar-refractivity contribution in [3.05, 3.63) is 0 Å². The predicted molar refractivity (Wildman–Crippen MR) is 78.4 cm³/mol. The van der Waals surface area contributed by atoms with Crippen molar-refractivity contribution in [3.8, 4) is 0 Å². The zero-order valence-electron chi connectivity index (χ0n) is 13.3. The van der Waals surface area contributed by atoms with Gasteiger partial charge >= 0.3 is 6.09 Å². The highest BCUT2D eigenvalue weighted by atomic mass is 16.5. The number of nitrogens with zero attached hydrogens (tertiary/aromatic N) is 1. The Balaban J connectivity index is 2.72. The molecule has 1 saturated heterocycles. The lowest BCUT2D eigenvalue weighted by atomic mass is 10.0. The Morgan fingerprint density at radius 1 is 1.40 bits per heavy atom. The lowest BCUT2D eigenvalue weighted by Gasteiger charge is -2.29. The van der Waals surface area contributed by atoms with Gasteiger partial charge in [-0.2, -0.15) is 0 Å². The Bertz CT molecular complexity index is 344. The highest BCUT2D eigenvalue weighted by Crippen LogP contribution is 2.27. The van der Waals surface area contributed by atoms with Crippen molar-refractivity contribution >= 4 is 12.0 Å². The monoisotopic (exact) mass is 284 g/mol. The molecule has 1 aliphatic rings. The molecule has 5 nitrogen and oxygen atoms in total. The third-order valence-corrected chi connectivity index (χ3v) is 4.03. The highest BCUT2D eigenvalue weighted by molar-refractivity contribution is 5.86. The van der Waals surface area contributed by atoms with Gasteiger partial charge in [0.05, 0.1) is 7.11 Å². The molecule has 0 saturated carbocycles. The molecule has 0 aromatic carbocycles. The van der Waals surface area contributed by atoms with E-state index in [0.29, 0.717) is 5.92 Å². The number of rotatable bonds is 5. The smallest absolute Gasteiger partial charge is 0.407 e. The first-order valence-electron chi connectivity index (χ1n) is 7.55. The van der Waals surface area contributed by atoms with E-state index in [1.54, 1.807) is 0 Å². The Morgan fingerprint density at radius 2 is 2.05 bits per heavy atom. The molecule has 0 radical (unpaired) electrons. The SMILES string of the molecule is CCC[C@H]1C[C@@H](C)N(C(=O)C(NC(=O)OC)C(C)C)C1. The zero-order valence-corrected chi connectivity index (χ0v) is 13.3. The maximum Gasteiger partial charge on any atom is 0.407 e. The van der Waals surface area contributed by atoms with E-state index >= 15 is 0 Å². The number of methoxy groups -OCH3 is 1. The normalized spacial score (nSPS) is 23.8. The van der Waals surface area contributed by atoms with Crippen molar-refractivity contribution in [1.29, 1.82) is 0 Å². The molecular formula is C15H28N2O3. The van der Waals surface area contributed by atoms with Gasteiger partial charge in [0.25, 0.3) is 0 Å². The van der Waals surface area contributed by atoms with Gasteiger partial charge in [-0.3, -0.25) is 4.79 Å². The number of ether oxygens (including phenoxy) is 1. The first-order chi connectivity index (χ1) is 9.40. The summed E-state index contributed by atoms with van der Waals surface area (Å²) in [6.45, 7) is 8.93. The van der Waals surface area contributed by atoms with E-state index in [0.717, 1.165) is 25.8 Å². The number of amides is 2. The molecule has 0 aromatic rings. The lowest BCUT2D eigenvalue weighted by molar-refractivity contribution is -0.135. The fourth-order valence-corrected chi connectivity index (χ4v) is 2.94. The molecule has 1 fully saturated rings. The largest absolute Gasteiger partial charge is 0.453 e. The topological polar surface area (TPSA) is 58.6 Å². The molecule has 0 bridgehead atoms. The number of likely N-dealkylation sites (tertiary alicyclic amines) is 1. The van der Waals surface area contributed by atoms with Gasteiger partial charge in [0.1, 0.15) is 6.04 Å². The fraction of sp³-hybridized carbons (Fsp3) is 0.867. The number of alkyl carbamates (subject to hydrolysis) is 1. The highest BCUT2D eigenvalue weighted by Gasteiger charge is 2.36. The van der Waals surface area contributed by atoms with E-state index < -0.39 is 12.1 Å². The van der Waals surface area contributed by atoms with Crippen molar-refractivity contribution in [1.82, 2.24) is 10.2 Å². The van der Waals surface area contributed by atoms with Crippen LogP contribution in [0.1, 0.15) is 47.0 Å². The average Bonchev–Trinajstić information content (AvgIpc) is 2.76. The standard InChI is InChI=1S/C15H28N2O3/c1-6-7-12-8-11(4)17(9-12)14(18)13(10(2)3)16-15(19)20-5/h10-13H,6-9H2,1-5H3,(H,16,19)/t11-,12+,13?/m1/s1. The molecule has 5 heteroatoms. The maximum absolute atomic E-state index is 12.7. The fourth-order valence-electron chi connectivity index (χ4n) is 2.94. The van der Waals surface area contributed by atoms with E-state index in [1.165, 1.54) is 7.11 Å². The molecule has 0 spiro atoms. The van der Waals surface area contributed by atoms with Crippen LogP contribution in [0.4, 0.5) is 4.79 Å². The number of carbonyl (C=O) groups is 2. The molecule has 1 aliphatic heterocycles. The van der Waals surface area contributed by atoms with Gasteiger partial charge in [-0.1, -0.05) is 27.2 Å². The van der Waals surface area contributed by atoms with Crippen molar-refractivity contribution < 1.29 is 14.3 Å². The molecule has 2 amide bonds. The van der Waals surface area contributed by atoms with Crippen LogP contribution in [0.25, 0.3) is 0 Å². The lowest BCUT2D eigenvalue weighted by Crippen LogP contribution is -2.52. The van der Waals surface area contributed by atoms with Crippen molar-refractivity contribution in [2.75, 3.05) is 13.7 Å². The number of hydrogen-bond acceptors (Lipinski definition) is 3. The van der Waals surface area contributed by atoms with Crippen LogP contribution in [0.3, 0.4) is 0 Å². The zero-order chi connectivity index (χ0) is 15.3.